The van der Waals surface area contributed by atoms with Gasteiger partial charge >= 0.3 is 5.97 Å². The van der Waals surface area contributed by atoms with Crippen LogP contribution in [0.1, 0.15) is 18.1 Å². The number of non-ortho nitro benzene ring substituents is 1. The molecule has 0 spiro atoms. The van der Waals surface area contributed by atoms with Gasteiger partial charge < -0.3 is 9.47 Å². The minimum atomic E-state index is -0.656. The smallest absolute Gasteiger partial charge is 0.363 e. The van der Waals surface area contributed by atoms with Crippen molar-refractivity contribution in [2.24, 2.45) is 4.99 Å². The number of nitro groups is 1. The van der Waals surface area contributed by atoms with Crippen molar-refractivity contribution in [3.8, 4) is 5.75 Å². The van der Waals surface area contributed by atoms with E-state index in [0.717, 1.165) is 11.3 Å². The average molecular weight is 373 g/mol. The van der Waals surface area contributed by atoms with Gasteiger partial charge in [0.05, 0.1) is 22.1 Å². The van der Waals surface area contributed by atoms with E-state index in [2.05, 4.69) is 4.99 Å². The number of hydrogen-bond donors (Lipinski definition) is 0. The maximum Gasteiger partial charge on any atom is 0.363 e. The number of cyclic esters (lactones) is 1. The summed E-state index contributed by atoms with van der Waals surface area (Å²) in [5.74, 6) is -0.00596. The fourth-order valence-corrected chi connectivity index (χ4v) is 2.50. The van der Waals surface area contributed by atoms with Crippen molar-refractivity contribution in [2.75, 3.05) is 6.61 Å². The predicted octanol–water partition coefficient (Wildman–Crippen LogP) is 3.99. The van der Waals surface area contributed by atoms with Gasteiger partial charge in [0.2, 0.25) is 5.90 Å². The highest BCUT2D eigenvalue weighted by atomic mass is 35.5. The number of halogens is 1. The Morgan fingerprint density at radius 2 is 2.00 bits per heavy atom. The van der Waals surface area contributed by atoms with Crippen LogP contribution in [0.15, 0.2) is 53.2 Å². The van der Waals surface area contributed by atoms with Crippen LogP contribution in [-0.4, -0.2) is 23.4 Å². The van der Waals surface area contributed by atoms with Gasteiger partial charge in [-0.05, 0) is 36.8 Å². The topological polar surface area (TPSA) is 91.0 Å². The molecule has 0 aromatic heterocycles. The quantitative estimate of drug-likeness (QED) is 0.342. The molecule has 1 heterocycles. The van der Waals surface area contributed by atoms with E-state index >= 15 is 0 Å². The molecule has 0 radical (unpaired) electrons. The van der Waals surface area contributed by atoms with E-state index in [1.165, 1.54) is 18.2 Å². The summed E-state index contributed by atoms with van der Waals surface area (Å²) >= 11 is 6.06. The number of aliphatic imine (C=N–C) groups is 1. The summed E-state index contributed by atoms with van der Waals surface area (Å²) < 4.78 is 10.5. The predicted molar refractivity (Wildman–Crippen MR) is 96.3 cm³/mol. The van der Waals surface area contributed by atoms with Crippen LogP contribution in [0, 0.1) is 10.1 Å². The first-order valence-electron chi connectivity index (χ1n) is 7.67. The van der Waals surface area contributed by atoms with Crippen LogP contribution in [0.25, 0.3) is 6.08 Å². The molecule has 0 bridgehead atoms. The van der Waals surface area contributed by atoms with Crippen LogP contribution in [0.3, 0.4) is 0 Å². The van der Waals surface area contributed by atoms with Gasteiger partial charge in [-0.2, -0.15) is 0 Å². The Bertz CT molecular complexity index is 935. The van der Waals surface area contributed by atoms with E-state index in [9.17, 15) is 14.9 Å². The molecular formula is C18H13ClN2O5. The molecule has 0 saturated heterocycles. The largest absolute Gasteiger partial charge is 0.494 e. The molecule has 2 aromatic carbocycles. The van der Waals surface area contributed by atoms with Crippen LogP contribution in [0.2, 0.25) is 5.02 Å². The van der Waals surface area contributed by atoms with E-state index in [-0.39, 0.29) is 27.9 Å². The summed E-state index contributed by atoms with van der Waals surface area (Å²) in [6.45, 7) is 2.45. The highest BCUT2D eigenvalue weighted by Gasteiger charge is 2.27. The molecule has 7 nitrogen and oxygen atoms in total. The second kappa shape index (κ2) is 7.37. The van der Waals surface area contributed by atoms with Gasteiger partial charge in [0.15, 0.2) is 5.70 Å². The van der Waals surface area contributed by atoms with Gasteiger partial charge in [-0.1, -0.05) is 23.7 Å². The summed E-state index contributed by atoms with van der Waals surface area (Å²) in [6.07, 6.45) is 1.55. The third kappa shape index (κ3) is 3.73. The van der Waals surface area contributed by atoms with Gasteiger partial charge in [-0.25, -0.2) is 9.79 Å². The van der Waals surface area contributed by atoms with Crippen LogP contribution in [-0.2, 0) is 9.53 Å². The molecule has 0 aliphatic carbocycles. The Hall–Kier alpha value is -3.19. The second-order valence-corrected chi connectivity index (χ2v) is 5.67. The Labute approximate surface area is 153 Å². The lowest BCUT2D eigenvalue weighted by atomic mass is 10.2. The number of hydrogen-bond acceptors (Lipinski definition) is 6. The highest BCUT2D eigenvalue weighted by molar-refractivity contribution is 6.34. The number of nitro benzene ring substituents is 1. The molecule has 0 amide bonds. The zero-order chi connectivity index (χ0) is 18.7. The molecule has 1 aliphatic rings. The molecule has 1 aliphatic heterocycles. The third-order valence-corrected chi connectivity index (χ3v) is 3.84. The normalized spacial score (nSPS) is 14.9. The van der Waals surface area contributed by atoms with Crippen molar-refractivity contribution < 1.29 is 19.2 Å². The number of nitrogens with zero attached hydrogens (tertiary/aromatic N) is 2. The molecule has 0 N–H and O–H groups in total. The first-order chi connectivity index (χ1) is 12.5. The zero-order valence-corrected chi connectivity index (χ0v) is 14.4. The Morgan fingerprint density at radius 3 is 2.65 bits per heavy atom. The van der Waals surface area contributed by atoms with Gasteiger partial charge in [0.1, 0.15) is 5.75 Å². The first kappa shape index (κ1) is 17.6. The molecule has 26 heavy (non-hydrogen) atoms. The number of esters is 1. The van der Waals surface area contributed by atoms with E-state index in [1.807, 2.05) is 6.92 Å². The van der Waals surface area contributed by atoms with Crippen LogP contribution < -0.4 is 4.74 Å². The van der Waals surface area contributed by atoms with Crippen molar-refractivity contribution in [3.05, 3.63) is 74.4 Å². The summed E-state index contributed by atoms with van der Waals surface area (Å²) in [6, 6.07) is 10.9. The monoisotopic (exact) mass is 372 g/mol. The van der Waals surface area contributed by atoms with Gasteiger partial charge in [-0.3, -0.25) is 10.1 Å². The molecule has 8 heteroatoms. The molecule has 0 unspecified atom stereocenters. The first-order valence-corrected chi connectivity index (χ1v) is 8.05. The molecule has 0 saturated carbocycles. The number of rotatable bonds is 5. The average Bonchev–Trinajstić information content (AvgIpc) is 2.97. The summed E-state index contributed by atoms with van der Waals surface area (Å²) in [7, 11) is 0. The summed E-state index contributed by atoms with van der Waals surface area (Å²) in [5.41, 5.74) is 0.818. The minimum Gasteiger partial charge on any atom is -0.494 e. The van der Waals surface area contributed by atoms with E-state index in [0.29, 0.717) is 6.61 Å². The van der Waals surface area contributed by atoms with Crippen molar-refractivity contribution in [3.63, 3.8) is 0 Å². The van der Waals surface area contributed by atoms with Crippen molar-refractivity contribution in [1.82, 2.24) is 0 Å². The number of ether oxygens (including phenoxy) is 2. The SMILES string of the molecule is CCOc1ccc(C=C2N=C(c3cc([N+](=O)[O-])ccc3Cl)OC2=O)cc1. The molecular weight excluding hydrogens is 360 g/mol. The van der Waals surface area contributed by atoms with E-state index < -0.39 is 10.9 Å². The van der Waals surface area contributed by atoms with E-state index in [4.69, 9.17) is 21.1 Å². The highest BCUT2D eigenvalue weighted by Crippen LogP contribution is 2.27. The van der Waals surface area contributed by atoms with Crippen LogP contribution in [0.4, 0.5) is 5.69 Å². The molecule has 0 fully saturated rings. The number of carbonyl (C=O) groups is 1. The van der Waals surface area contributed by atoms with Gasteiger partial charge in [0.25, 0.3) is 5.69 Å². The Kier molecular flexibility index (Phi) is 4.99. The number of carbonyl (C=O) groups excluding carboxylic acids is 1. The zero-order valence-electron chi connectivity index (χ0n) is 13.6. The van der Waals surface area contributed by atoms with Gasteiger partial charge in [-0.15, -0.1) is 0 Å². The lowest BCUT2D eigenvalue weighted by Crippen LogP contribution is -2.06. The number of benzene rings is 2. The fourth-order valence-electron chi connectivity index (χ4n) is 2.30. The molecule has 0 atom stereocenters. The second-order valence-electron chi connectivity index (χ2n) is 5.26. The van der Waals surface area contributed by atoms with Gasteiger partial charge in [0, 0.05) is 12.1 Å². The standard InChI is InChI=1S/C18H13ClN2O5/c1-2-25-13-6-3-11(4-7-13)9-16-18(22)26-17(20-16)14-10-12(21(23)24)5-8-15(14)19/h3-10H,2H2,1H3. The maximum absolute atomic E-state index is 12.1. The lowest BCUT2D eigenvalue weighted by Gasteiger charge is -2.02. The van der Waals surface area contributed by atoms with Crippen molar-refractivity contribution >= 4 is 35.2 Å². The van der Waals surface area contributed by atoms with Crippen LogP contribution >= 0.6 is 11.6 Å². The molecule has 2 aromatic rings. The summed E-state index contributed by atoms with van der Waals surface area (Å²) in [4.78, 5) is 26.5. The maximum atomic E-state index is 12.1. The minimum absolute atomic E-state index is 0.0686. The Morgan fingerprint density at radius 1 is 1.27 bits per heavy atom. The van der Waals surface area contributed by atoms with Crippen LogP contribution in [0.5, 0.6) is 5.75 Å². The third-order valence-electron chi connectivity index (χ3n) is 3.51. The fraction of sp³-hybridized carbons (Fsp3) is 0.111. The summed E-state index contributed by atoms with van der Waals surface area (Å²) in [5, 5.41) is 11.1. The van der Waals surface area contributed by atoms with Crippen molar-refractivity contribution in [2.45, 2.75) is 6.92 Å². The lowest BCUT2D eigenvalue weighted by molar-refractivity contribution is -0.384. The molecule has 132 valence electrons. The molecule has 3 rings (SSSR count). The van der Waals surface area contributed by atoms with Crippen molar-refractivity contribution in [1.29, 1.82) is 0 Å². The van der Waals surface area contributed by atoms with E-state index in [1.54, 1.807) is 30.3 Å². The Balaban J connectivity index is 1.91.